The summed E-state index contributed by atoms with van der Waals surface area (Å²) in [5.41, 5.74) is 16.0. The molecule has 0 saturated carbocycles. The fourth-order valence-electron chi connectivity index (χ4n) is 12.7. The highest BCUT2D eigenvalue weighted by Gasteiger charge is 2.53. The van der Waals surface area contributed by atoms with Crippen molar-refractivity contribution in [1.29, 1.82) is 0 Å². The third kappa shape index (κ3) is 11.0. The lowest BCUT2D eigenvalue weighted by Gasteiger charge is -2.32. The molecule has 0 atom stereocenters. The Morgan fingerprint density at radius 1 is 0.301 bits per heavy atom. The zero-order valence-electron chi connectivity index (χ0n) is 53.5. The molecule has 0 spiro atoms. The second kappa shape index (κ2) is 23.5. The fourth-order valence-corrected chi connectivity index (χ4v) is 12.7. The minimum Gasteiger partial charge on any atom is -0.399 e. The van der Waals surface area contributed by atoms with Crippen LogP contribution in [-0.2, 0) is 18.6 Å². The Kier molecular flexibility index (Phi) is 14.9. The van der Waals surface area contributed by atoms with Crippen LogP contribution in [0.4, 0.5) is 34.1 Å². The van der Waals surface area contributed by atoms with Gasteiger partial charge in [-0.25, -0.2) is 15.0 Å². The molecule has 2 aliphatic heterocycles. The fraction of sp³-hybridized carbons (Fsp3) is 0.148. The summed E-state index contributed by atoms with van der Waals surface area (Å²) in [7, 11) is -1.03. The number of hydrogen-bond donors (Lipinski definition) is 0. The zero-order valence-corrected chi connectivity index (χ0v) is 53.5. The second-order valence-corrected chi connectivity index (χ2v) is 26.1. The van der Waals surface area contributed by atoms with Gasteiger partial charge in [-0.2, -0.15) is 0 Å². The molecule has 454 valence electrons. The van der Waals surface area contributed by atoms with Crippen LogP contribution in [0.15, 0.2) is 279 Å². The number of hydrogen-bond acceptors (Lipinski definition) is 9. The van der Waals surface area contributed by atoms with Gasteiger partial charge in [0.1, 0.15) is 0 Å². The van der Waals surface area contributed by atoms with Crippen LogP contribution in [0, 0.1) is 0 Å². The van der Waals surface area contributed by atoms with E-state index < -0.39 is 36.6 Å². The number of fused-ring (bicyclic) bond motifs is 3. The Bertz CT molecular complexity index is 4580. The highest BCUT2D eigenvalue weighted by Crippen LogP contribution is 2.47. The minimum atomic E-state index is -0.515. The highest BCUT2D eigenvalue weighted by atomic mass is 16.7. The highest BCUT2D eigenvalue weighted by molar-refractivity contribution is 6.62. The van der Waals surface area contributed by atoms with E-state index in [-0.39, 0.29) is 0 Å². The molecule has 13 aromatic rings. The molecule has 0 radical (unpaired) electrons. The number of benzene rings is 11. The first-order valence-electron chi connectivity index (χ1n) is 31.9. The van der Waals surface area contributed by atoms with Gasteiger partial charge in [-0.1, -0.05) is 194 Å². The molecule has 0 amide bonds. The van der Waals surface area contributed by atoms with Crippen molar-refractivity contribution in [2.24, 2.45) is 0 Å². The van der Waals surface area contributed by atoms with E-state index in [1.54, 1.807) is 0 Å². The van der Waals surface area contributed by atoms with Crippen LogP contribution in [-0.4, -0.2) is 56.2 Å². The number of rotatable bonds is 14. The maximum absolute atomic E-state index is 6.59. The smallest absolute Gasteiger partial charge is 0.399 e. The van der Waals surface area contributed by atoms with Crippen molar-refractivity contribution in [3.05, 3.63) is 279 Å². The van der Waals surface area contributed by atoms with Crippen molar-refractivity contribution < 1.29 is 18.6 Å². The van der Waals surface area contributed by atoms with Gasteiger partial charge in [-0.3, -0.25) is 0 Å². The number of aromatic nitrogens is 4. The third-order valence-electron chi connectivity index (χ3n) is 19.1. The van der Waals surface area contributed by atoms with E-state index in [4.69, 9.17) is 33.6 Å². The van der Waals surface area contributed by atoms with Crippen LogP contribution < -0.4 is 20.7 Å². The molecule has 0 bridgehead atoms. The van der Waals surface area contributed by atoms with Crippen LogP contribution in [0.5, 0.6) is 0 Å². The van der Waals surface area contributed by atoms with Crippen LogP contribution >= 0.6 is 0 Å². The first-order chi connectivity index (χ1) is 45.1. The van der Waals surface area contributed by atoms with Gasteiger partial charge in [0.15, 0.2) is 17.5 Å². The number of para-hydroxylation sites is 2. The topological polar surface area (TPSA) is 87.0 Å². The summed E-state index contributed by atoms with van der Waals surface area (Å²) in [5, 5.41) is 2.10. The lowest BCUT2D eigenvalue weighted by molar-refractivity contribution is 0.00578. The molecule has 2 aromatic heterocycles. The van der Waals surface area contributed by atoms with Crippen LogP contribution in [0.3, 0.4) is 0 Å². The molecule has 0 aliphatic carbocycles. The molecular weight excluding hydrogens is 1140 g/mol. The van der Waals surface area contributed by atoms with Gasteiger partial charge in [0.2, 0.25) is 0 Å². The van der Waals surface area contributed by atoms with Crippen molar-refractivity contribution in [2.75, 3.05) is 9.80 Å². The Morgan fingerprint density at radius 3 is 1.01 bits per heavy atom. The molecule has 11 aromatic carbocycles. The minimum absolute atomic E-state index is 0.487. The lowest BCUT2D eigenvalue weighted by Crippen LogP contribution is -2.41. The van der Waals surface area contributed by atoms with E-state index in [1.807, 2.05) is 60.7 Å². The normalized spacial score (nSPS) is 15.4. The van der Waals surface area contributed by atoms with Crippen molar-refractivity contribution in [3.63, 3.8) is 0 Å². The average Bonchev–Trinajstić information content (AvgIpc) is 1.59. The van der Waals surface area contributed by atoms with Gasteiger partial charge in [-0.05, 0) is 162 Å². The quantitative estimate of drug-likeness (QED) is 0.0988. The molecule has 12 heteroatoms. The van der Waals surface area contributed by atoms with Crippen molar-refractivity contribution in [2.45, 2.75) is 77.8 Å². The lowest BCUT2D eigenvalue weighted by atomic mass is 9.79. The summed E-state index contributed by atoms with van der Waals surface area (Å²) in [4.78, 5) is 20.2. The molecule has 0 unspecified atom stereocenters. The van der Waals surface area contributed by atoms with Crippen molar-refractivity contribution in [1.82, 2.24) is 19.5 Å². The Labute approximate surface area is 545 Å². The summed E-state index contributed by atoms with van der Waals surface area (Å²) in [5.74, 6) is 1.78. The number of anilines is 6. The summed E-state index contributed by atoms with van der Waals surface area (Å²) >= 11 is 0. The molecule has 0 N–H and O–H groups in total. The molecule has 93 heavy (non-hydrogen) atoms. The first-order valence-corrected chi connectivity index (χ1v) is 31.9. The van der Waals surface area contributed by atoms with Crippen LogP contribution in [0.25, 0.3) is 83.9 Å². The van der Waals surface area contributed by atoms with Gasteiger partial charge in [0.25, 0.3) is 0 Å². The molecule has 15 rings (SSSR count). The van der Waals surface area contributed by atoms with E-state index in [2.05, 4.69) is 288 Å². The van der Waals surface area contributed by atoms with Crippen LogP contribution in [0.1, 0.15) is 55.4 Å². The second-order valence-electron chi connectivity index (χ2n) is 26.1. The maximum Gasteiger partial charge on any atom is 0.494 e. The van der Waals surface area contributed by atoms with E-state index in [1.165, 1.54) is 0 Å². The first kappa shape index (κ1) is 59.1. The van der Waals surface area contributed by atoms with Gasteiger partial charge >= 0.3 is 14.2 Å². The predicted octanol–water partition coefficient (Wildman–Crippen LogP) is 18.8. The summed E-state index contributed by atoms with van der Waals surface area (Å²) < 4.78 is 28.8. The molecular formula is C81H70B2N6O4. The SMILES string of the molecule is CC1(C)OB(c2ccc(N(c3ccc4c(c3)c3cc(N(c5ccc(B6OC(C)(C)C(C)(C)O6)cc5)c5ccccc5-c5ccccc5)ccc3n4-c3cccc(-c4nc(-c5ccccc5)nc(-c5ccccc5)n4)c3)c3ccccc3-c3ccccc3)cc2)OC1(C)C. The van der Waals surface area contributed by atoms with Gasteiger partial charge < -0.3 is 33.0 Å². The van der Waals surface area contributed by atoms with Crippen LogP contribution in [0.2, 0.25) is 0 Å². The van der Waals surface area contributed by atoms with E-state index >= 15 is 0 Å². The largest absolute Gasteiger partial charge is 0.494 e. The standard InChI is InChI=1S/C81H70B2N6O4/c1-78(2)79(3,4)91-82(90-78)60-40-44-62(45-41-60)87(71-38-23-21-36-67(71)55-26-13-9-14-27-55)65-48-50-73-69(53-65)70-54-66(88(72-39-24-22-37-68(72)56-28-15-10-16-29-56)63-46-42-61(43-47-63)83-92-80(5,6)81(7,8)93-83)49-51-74(70)89(73)64-35-25-34-59(52-64)77-85-75(57-30-17-11-18-31-57)84-76(86-77)58-32-19-12-20-33-58/h9-54H,1-8H3. The third-order valence-corrected chi connectivity index (χ3v) is 19.1. The summed E-state index contributed by atoms with van der Waals surface area (Å²) in [6, 6.07) is 98.5. The van der Waals surface area contributed by atoms with Crippen molar-refractivity contribution in [3.8, 4) is 62.1 Å². The molecule has 4 heterocycles. The number of nitrogens with zero attached hydrogens (tertiary/aromatic N) is 6. The Balaban J connectivity index is 0.946. The van der Waals surface area contributed by atoms with Gasteiger partial charge in [-0.15, -0.1) is 0 Å². The molecule has 2 aliphatic rings. The zero-order chi connectivity index (χ0) is 63.6. The molecule has 10 nitrogen and oxygen atoms in total. The molecule has 2 fully saturated rings. The Hall–Kier alpha value is -10.2. The van der Waals surface area contributed by atoms with E-state index in [0.717, 1.165) is 111 Å². The van der Waals surface area contributed by atoms with E-state index in [0.29, 0.717) is 17.5 Å². The van der Waals surface area contributed by atoms with Gasteiger partial charge in [0, 0.05) is 67.0 Å². The Morgan fingerprint density at radius 2 is 0.624 bits per heavy atom. The average molecular weight is 1210 g/mol. The van der Waals surface area contributed by atoms with Crippen molar-refractivity contribution >= 4 is 81.1 Å². The summed E-state index contributed by atoms with van der Waals surface area (Å²) in [6.07, 6.45) is 0. The summed E-state index contributed by atoms with van der Waals surface area (Å²) in [6.45, 7) is 16.8. The van der Waals surface area contributed by atoms with Gasteiger partial charge in [0.05, 0.1) is 44.8 Å². The van der Waals surface area contributed by atoms with E-state index in [9.17, 15) is 0 Å². The predicted molar refractivity (Wildman–Crippen MR) is 382 cm³/mol. The monoisotopic (exact) mass is 1210 g/mol. The molecule has 2 saturated heterocycles. The maximum atomic E-state index is 6.59.